The predicted molar refractivity (Wildman–Crippen MR) is 88.3 cm³/mol. The van der Waals surface area contributed by atoms with Gasteiger partial charge in [0.25, 0.3) is 10.0 Å². The SMILES string of the molecule is Cc1ccc(F)cc1NS(=O)(=O)c1cccc(COC(C)C)c1. The fraction of sp³-hybridized carbons (Fsp3) is 0.294. The van der Waals surface area contributed by atoms with E-state index in [9.17, 15) is 12.8 Å². The van der Waals surface area contributed by atoms with Crippen molar-refractivity contribution in [3.05, 3.63) is 59.4 Å². The van der Waals surface area contributed by atoms with Crippen molar-refractivity contribution >= 4 is 15.7 Å². The van der Waals surface area contributed by atoms with Gasteiger partial charge in [0.1, 0.15) is 5.82 Å². The van der Waals surface area contributed by atoms with Crippen LogP contribution in [-0.2, 0) is 21.4 Å². The van der Waals surface area contributed by atoms with E-state index >= 15 is 0 Å². The van der Waals surface area contributed by atoms with Crippen molar-refractivity contribution in [1.29, 1.82) is 0 Å². The molecule has 0 radical (unpaired) electrons. The molecule has 0 bridgehead atoms. The van der Waals surface area contributed by atoms with E-state index in [0.29, 0.717) is 12.2 Å². The number of rotatable bonds is 6. The molecule has 23 heavy (non-hydrogen) atoms. The summed E-state index contributed by atoms with van der Waals surface area (Å²) in [5.41, 5.74) is 1.64. The lowest BCUT2D eigenvalue weighted by Gasteiger charge is -2.12. The Morgan fingerprint density at radius 1 is 1.17 bits per heavy atom. The third kappa shape index (κ3) is 4.77. The van der Waals surface area contributed by atoms with Crippen LogP contribution in [0.1, 0.15) is 25.0 Å². The highest BCUT2D eigenvalue weighted by atomic mass is 32.2. The van der Waals surface area contributed by atoms with Crippen LogP contribution < -0.4 is 4.72 Å². The first kappa shape index (κ1) is 17.4. The van der Waals surface area contributed by atoms with Gasteiger partial charge in [0.05, 0.1) is 23.3 Å². The minimum absolute atomic E-state index is 0.0586. The maximum atomic E-state index is 13.3. The van der Waals surface area contributed by atoms with Gasteiger partial charge in [-0.25, -0.2) is 12.8 Å². The van der Waals surface area contributed by atoms with E-state index in [1.165, 1.54) is 24.3 Å². The van der Waals surface area contributed by atoms with Gasteiger partial charge in [-0.2, -0.15) is 0 Å². The topological polar surface area (TPSA) is 55.4 Å². The molecule has 0 aliphatic heterocycles. The zero-order valence-electron chi connectivity index (χ0n) is 13.3. The van der Waals surface area contributed by atoms with E-state index in [1.54, 1.807) is 25.1 Å². The smallest absolute Gasteiger partial charge is 0.261 e. The van der Waals surface area contributed by atoms with Crippen molar-refractivity contribution in [3.63, 3.8) is 0 Å². The Balaban J connectivity index is 2.25. The average Bonchev–Trinajstić information content (AvgIpc) is 2.49. The van der Waals surface area contributed by atoms with Gasteiger partial charge in [-0.1, -0.05) is 18.2 Å². The number of aryl methyl sites for hydroxylation is 1. The van der Waals surface area contributed by atoms with Crippen LogP contribution >= 0.6 is 0 Å². The molecule has 0 amide bonds. The maximum Gasteiger partial charge on any atom is 0.261 e. The summed E-state index contributed by atoms with van der Waals surface area (Å²) >= 11 is 0. The molecule has 0 saturated heterocycles. The Kier molecular flexibility index (Phi) is 5.38. The van der Waals surface area contributed by atoms with E-state index < -0.39 is 15.8 Å². The van der Waals surface area contributed by atoms with Crippen LogP contribution in [0.4, 0.5) is 10.1 Å². The lowest BCUT2D eigenvalue weighted by Crippen LogP contribution is -2.14. The normalized spacial score (nSPS) is 11.7. The number of nitrogens with one attached hydrogen (secondary N) is 1. The van der Waals surface area contributed by atoms with E-state index in [-0.39, 0.29) is 16.7 Å². The molecule has 0 aliphatic rings. The maximum absolute atomic E-state index is 13.3. The van der Waals surface area contributed by atoms with Gasteiger partial charge in [-0.15, -0.1) is 0 Å². The van der Waals surface area contributed by atoms with Crippen LogP contribution in [0, 0.1) is 12.7 Å². The molecule has 0 aromatic heterocycles. The Labute approximate surface area is 136 Å². The molecular formula is C17H20FNO3S. The van der Waals surface area contributed by atoms with Crippen molar-refractivity contribution in [2.75, 3.05) is 4.72 Å². The zero-order valence-corrected chi connectivity index (χ0v) is 14.2. The second kappa shape index (κ2) is 7.10. The summed E-state index contributed by atoms with van der Waals surface area (Å²) in [4.78, 5) is 0.117. The molecule has 0 atom stereocenters. The molecule has 2 rings (SSSR count). The van der Waals surface area contributed by atoms with Crippen molar-refractivity contribution < 1.29 is 17.5 Å². The molecular weight excluding hydrogens is 317 g/mol. The van der Waals surface area contributed by atoms with Gasteiger partial charge in [0, 0.05) is 0 Å². The average molecular weight is 337 g/mol. The van der Waals surface area contributed by atoms with Gasteiger partial charge >= 0.3 is 0 Å². The number of anilines is 1. The standard InChI is InChI=1S/C17H20FNO3S/c1-12(2)22-11-14-5-4-6-16(9-14)23(20,21)19-17-10-15(18)8-7-13(17)3/h4-10,12,19H,11H2,1-3H3. The lowest BCUT2D eigenvalue weighted by molar-refractivity contribution is 0.0656. The predicted octanol–water partition coefficient (Wildman–Crippen LogP) is 3.86. The molecule has 0 aliphatic carbocycles. The molecule has 124 valence electrons. The van der Waals surface area contributed by atoms with Gasteiger partial charge in [0.2, 0.25) is 0 Å². The molecule has 4 nitrogen and oxygen atoms in total. The van der Waals surface area contributed by atoms with E-state index in [1.807, 2.05) is 13.8 Å². The molecule has 0 saturated carbocycles. The zero-order chi connectivity index (χ0) is 17.0. The highest BCUT2D eigenvalue weighted by molar-refractivity contribution is 7.92. The first-order chi connectivity index (χ1) is 10.8. The Hall–Kier alpha value is -1.92. The largest absolute Gasteiger partial charge is 0.374 e. The Morgan fingerprint density at radius 2 is 1.91 bits per heavy atom. The monoisotopic (exact) mass is 337 g/mol. The third-order valence-corrected chi connectivity index (χ3v) is 4.60. The molecule has 2 aromatic carbocycles. The summed E-state index contributed by atoms with van der Waals surface area (Å²) in [6, 6.07) is 10.5. The number of hydrogen-bond acceptors (Lipinski definition) is 3. The van der Waals surface area contributed by atoms with Crippen LogP contribution in [0.5, 0.6) is 0 Å². The van der Waals surface area contributed by atoms with Gasteiger partial charge in [-0.3, -0.25) is 4.72 Å². The number of benzene rings is 2. The number of ether oxygens (including phenoxy) is 1. The number of halogens is 1. The Morgan fingerprint density at radius 3 is 2.61 bits per heavy atom. The highest BCUT2D eigenvalue weighted by Gasteiger charge is 2.16. The molecule has 1 N–H and O–H groups in total. The summed E-state index contributed by atoms with van der Waals surface area (Å²) in [6.07, 6.45) is 0.0586. The van der Waals surface area contributed by atoms with Crippen molar-refractivity contribution in [1.82, 2.24) is 0 Å². The molecule has 6 heteroatoms. The fourth-order valence-electron chi connectivity index (χ4n) is 1.97. The molecule has 0 spiro atoms. The lowest BCUT2D eigenvalue weighted by atomic mass is 10.2. The van der Waals surface area contributed by atoms with Crippen molar-refractivity contribution in [2.24, 2.45) is 0 Å². The minimum atomic E-state index is -3.79. The van der Waals surface area contributed by atoms with E-state index in [4.69, 9.17) is 4.74 Å². The summed E-state index contributed by atoms with van der Waals surface area (Å²) in [6.45, 7) is 5.87. The van der Waals surface area contributed by atoms with Crippen LogP contribution in [-0.4, -0.2) is 14.5 Å². The van der Waals surface area contributed by atoms with Crippen LogP contribution in [0.15, 0.2) is 47.4 Å². The third-order valence-electron chi connectivity index (χ3n) is 3.24. The minimum Gasteiger partial charge on any atom is -0.374 e. The van der Waals surface area contributed by atoms with Gasteiger partial charge in [0.15, 0.2) is 0 Å². The van der Waals surface area contributed by atoms with Crippen molar-refractivity contribution in [3.8, 4) is 0 Å². The second-order valence-electron chi connectivity index (χ2n) is 5.57. The molecule has 0 heterocycles. The van der Waals surface area contributed by atoms with Crippen LogP contribution in [0.2, 0.25) is 0 Å². The first-order valence-corrected chi connectivity index (χ1v) is 8.76. The summed E-state index contributed by atoms with van der Waals surface area (Å²) in [7, 11) is -3.79. The fourth-order valence-corrected chi connectivity index (χ4v) is 3.16. The number of hydrogen-bond donors (Lipinski definition) is 1. The van der Waals surface area contributed by atoms with E-state index in [0.717, 1.165) is 5.56 Å². The first-order valence-electron chi connectivity index (χ1n) is 7.27. The quantitative estimate of drug-likeness (QED) is 0.871. The second-order valence-corrected chi connectivity index (χ2v) is 7.25. The summed E-state index contributed by atoms with van der Waals surface area (Å²) in [5, 5.41) is 0. The van der Waals surface area contributed by atoms with Crippen LogP contribution in [0.25, 0.3) is 0 Å². The molecule has 0 fully saturated rings. The summed E-state index contributed by atoms with van der Waals surface area (Å²) in [5.74, 6) is -0.493. The van der Waals surface area contributed by atoms with Crippen molar-refractivity contribution in [2.45, 2.75) is 38.4 Å². The number of sulfonamides is 1. The molecule has 0 unspecified atom stereocenters. The van der Waals surface area contributed by atoms with E-state index in [2.05, 4.69) is 4.72 Å². The van der Waals surface area contributed by atoms with Crippen LogP contribution in [0.3, 0.4) is 0 Å². The van der Waals surface area contributed by atoms with Gasteiger partial charge in [-0.05, 0) is 56.2 Å². The summed E-state index contributed by atoms with van der Waals surface area (Å²) < 4.78 is 46.2. The van der Waals surface area contributed by atoms with Gasteiger partial charge < -0.3 is 4.74 Å². The molecule has 2 aromatic rings. The highest BCUT2D eigenvalue weighted by Crippen LogP contribution is 2.21. The Bertz CT molecular complexity index is 788.